The zero-order chi connectivity index (χ0) is 35.2. The fourth-order valence-corrected chi connectivity index (χ4v) is 7.66. The van der Waals surface area contributed by atoms with Gasteiger partial charge >= 0.3 is 0 Å². The van der Waals surface area contributed by atoms with Gasteiger partial charge in [-0.05, 0) is 75.6 Å². The number of nitrogens with zero attached hydrogens (tertiary/aromatic N) is 4. The highest BCUT2D eigenvalue weighted by atomic mass is 35.5. The molecule has 0 fully saturated rings. The summed E-state index contributed by atoms with van der Waals surface area (Å²) in [5.74, 6) is -0.611. The van der Waals surface area contributed by atoms with E-state index in [-0.39, 0.29) is 58.6 Å². The molecular formula is C32H44ClN5O8S2. The number of aryl methyl sites for hydroxylation is 1. The number of likely N-dealkylation sites (N-methyl/N-ethyl adjacent to an activating group) is 1. The number of amides is 1. The van der Waals surface area contributed by atoms with Gasteiger partial charge in [0.05, 0.1) is 41.6 Å². The number of nitrogens with one attached hydrogen (secondary N) is 1. The van der Waals surface area contributed by atoms with Crippen LogP contribution in [-0.2, 0) is 31.8 Å². The summed E-state index contributed by atoms with van der Waals surface area (Å²) >= 11 is 5.97. The second kappa shape index (κ2) is 16.0. The first-order valence-electron chi connectivity index (χ1n) is 15.7. The number of aromatic nitrogens is 2. The number of carbonyl (C=O) groups is 1. The van der Waals surface area contributed by atoms with Crippen molar-refractivity contribution in [2.24, 2.45) is 13.0 Å². The van der Waals surface area contributed by atoms with E-state index < -0.39 is 38.1 Å². The Labute approximate surface area is 287 Å². The van der Waals surface area contributed by atoms with Crippen LogP contribution in [-0.4, -0.2) is 98.2 Å². The van der Waals surface area contributed by atoms with E-state index in [2.05, 4.69) is 9.71 Å². The Morgan fingerprint density at radius 3 is 2.48 bits per heavy atom. The van der Waals surface area contributed by atoms with E-state index in [1.165, 1.54) is 69.7 Å². The Bertz CT molecular complexity index is 1770. The molecule has 16 heteroatoms. The van der Waals surface area contributed by atoms with Gasteiger partial charge < -0.3 is 24.0 Å². The minimum Gasteiger partial charge on any atom is -0.490 e. The van der Waals surface area contributed by atoms with Crippen molar-refractivity contribution in [3.63, 3.8) is 0 Å². The van der Waals surface area contributed by atoms with Crippen molar-refractivity contribution in [2.45, 2.75) is 68.2 Å². The van der Waals surface area contributed by atoms with Crippen LogP contribution in [0.25, 0.3) is 0 Å². The highest BCUT2D eigenvalue weighted by Gasteiger charge is 2.32. The molecule has 1 aromatic heterocycles. The Balaban J connectivity index is 1.67. The standard InChI is InChI=1S/C32H44ClN5O8S2/c1-22-17-38(23(2)20-39)32(40)28-16-26(35-47(41,42)31-19-36(4)21-34-31)11-14-29(28)46-24(3)8-6-7-15-45-30(22)18-37(5)48(43,44)27-12-9-25(33)10-13-27/h9-14,16,19,21-24,30,35,39H,6-8,15,17-18,20H2,1-5H3/t22-,23+,24-,30-/m0/s1. The van der Waals surface area contributed by atoms with Crippen molar-refractivity contribution in [1.29, 1.82) is 0 Å². The van der Waals surface area contributed by atoms with Gasteiger partial charge in [-0.1, -0.05) is 18.5 Å². The third kappa shape index (κ3) is 9.27. The molecule has 0 unspecified atom stereocenters. The molecule has 1 aliphatic rings. The lowest BCUT2D eigenvalue weighted by Gasteiger charge is -2.35. The first-order valence-corrected chi connectivity index (χ1v) is 19.0. The fourth-order valence-electron chi connectivity index (χ4n) is 5.32. The zero-order valence-corrected chi connectivity index (χ0v) is 30.1. The largest absolute Gasteiger partial charge is 0.490 e. The van der Waals surface area contributed by atoms with Crippen LogP contribution < -0.4 is 9.46 Å². The van der Waals surface area contributed by atoms with E-state index in [1.807, 2.05) is 13.8 Å². The third-order valence-electron chi connectivity index (χ3n) is 8.22. The van der Waals surface area contributed by atoms with Gasteiger partial charge in [0.25, 0.3) is 15.9 Å². The number of hydrogen-bond donors (Lipinski definition) is 2. The van der Waals surface area contributed by atoms with Crippen LogP contribution in [0.15, 0.2) is 64.9 Å². The SMILES string of the molecule is C[C@H](CO)N1C[C@H](C)[C@H](CN(C)S(=O)(=O)c2ccc(Cl)cc2)OCCCC[C@H](C)Oc2ccc(NS(=O)(=O)c3cn(C)cn3)cc2C1=O. The molecule has 48 heavy (non-hydrogen) atoms. The van der Waals surface area contributed by atoms with Crippen LogP contribution in [0.4, 0.5) is 5.69 Å². The summed E-state index contributed by atoms with van der Waals surface area (Å²) in [6.45, 7) is 5.56. The van der Waals surface area contributed by atoms with Gasteiger partial charge in [-0.3, -0.25) is 9.52 Å². The molecule has 1 amide bonds. The maximum absolute atomic E-state index is 14.3. The molecule has 3 aromatic rings. The molecule has 1 aliphatic heterocycles. The molecule has 0 spiro atoms. The highest BCUT2D eigenvalue weighted by molar-refractivity contribution is 7.92. The van der Waals surface area contributed by atoms with Crippen molar-refractivity contribution >= 4 is 43.2 Å². The van der Waals surface area contributed by atoms with Gasteiger partial charge in [-0.2, -0.15) is 12.7 Å². The number of ether oxygens (including phenoxy) is 2. The number of sulfonamides is 2. The molecule has 2 heterocycles. The summed E-state index contributed by atoms with van der Waals surface area (Å²) < 4.78 is 70.6. The molecule has 0 radical (unpaired) electrons. The van der Waals surface area contributed by atoms with E-state index in [4.69, 9.17) is 21.1 Å². The molecule has 0 aliphatic carbocycles. The number of anilines is 1. The summed E-state index contributed by atoms with van der Waals surface area (Å²) in [5, 5.41) is 10.4. The van der Waals surface area contributed by atoms with E-state index >= 15 is 0 Å². The fraction of sp³-hybridized carbons (Fsp3) is 0.500. The Morgan fingerprint density at radius 1 is 1.12 bits per heavy atom. The second-order valence-electron chi connectivity index (χ2n) is 12.2. The van der Waals surface area contributed by atoms with E-state index in [9.17, 15) is 26.7 Å². The molecule has 264 valence electrons. The topological polar surface area (TPSA) is 160 Å². The maximum atomic E-state index is 14.3. The van der Waals surface area contributed by atoms with Crippen molar-refractivity contribution in [3.05, 3.63) is 65.6 Å². The molecule has 4 atom stereocenters. The Morgan fingerprint density at radius 2 is 1.83 bits per heavy atom. The van der Waals surface area contributed by atoms with Gasteiger partial charge in [0.2, 0.25) is 10.0 Å². The van der Waals surface area contributed by atoms with Gasteiger partial charge in [0.15, 0.2) is 5.03 Å². The number of aliphatic hydroxyl groups excluding tert-OH is 1. The average molecular weight is 726 g/mol. The quantitative estimate of drug-likeness (QED) is 0.333. The number of benzene rings is 2. The van der Waals surface area contributed by atoms with Gasteiger partial charge in [0.1, 0.15) is 5.75 Å². The minimum atomic E-state index is -4.06. The van der Waals surface area contributed by atoms with Crippen molar-refractivity contribution < 1.29 is 36.2 Å². The number of imidazole rings is 1. The van der Waals surface area contributed by atoms with E-state index in [1.54, 1.807) is 20.0 Å². The third-order valence-corrected chi connectivity index (χ3v) is 11.6. The van der Waals surface area contributed by atoms with Crippen LogP contribution in [0.2, 0.25) is 5.02 Å². The van der Waals surface area contributed by atoms with Gasteiger partial charge in [-0.25, -0.2) is 13.4 Å². The highest BCUT2D eigenvalue weighted by Crippen LogP contribution is 2.30. The van der Waals surface area contributed by atoms with Crippen LogP contribution >= 0.6 is 11.6 Å². The molecule has 13 nitrogen and oxygen atoms in total. The first kappa shape index (κ1) is 37.6. The van der Waals surface area contributed by atoms with Crippen LogP contribution in [0.3, 0.4) is 0 Å². The van der Waals surface area contributed by atoms with Crippen molar-refractivity contribution in [1.82, 2.24) is 18.8 Å². The summed E-state index contributed by atoms with van der Waals surface area (Å²) in [6, 6.07) is 9.76. The maximum Gasteiger partial charge on any atom is 0.280 e. The second-order valence-corrected chi connectivity index (χ2v) is 16.3. The molecule has 2 N–H and O–H groups in total. The van der Waals surface area contributed by atoms with Crippen LogP contribution in [0.1, 0.15) is 50.4 Å². The monoisotopic (exact) mass is 725 g/mol. The van der Waals surface area contributed by atoms with E-state index in [0.717, 1.165) is 6.42 Å². The molecule has 0 saturated heterocycles. The van der Waals surface area contributed by atoms with Gasteiger partial charge in [0, 0.05) is 56.6 Å². The van der Waals surface area contributed by atoms with Crippen LogP contribution in [0, 0.1) is 5.92 Å². The number of hydrogen-bond acceptors (Lipinski definition) is 9. The minimum absolute atomic E-state index is 0.0111. The first-order chi connectivity index (χ1) is 22.6. The summed E-state index contributed by atoms with van der Waals surface area (Å²) in [4.78, 5) is 19.8. The molecule has 2 aromatic carbocycles. The predicted octanol–water partition coefficient (Wildman–Crippen LogP) is 3.99. The normalized spacial score (nSPS) is 20.9. The molecule has 0 bridgehead atoms. The molecule has 4 rings (SSSR count). The summed E-state index contributed by atoms with van der Waals surface area (Å²) in [5.41, 5.74) is 0.234. The zero-order valence-electron chi connectivity index (χ0n) is 27.7. The molecular weight excluding hydrogens is 682 g/mol. The smallest absolute Gasteiger partial charge is 0.280 e. The van der Waals surface area contributed by atoms with E-state index in [0.29, 0.717) is 24.5 Å². The lowest BCUT2D eigenvalue weighted by Crippen LogP contribution is -2.48. The average Bonchev–Trinajstić information content (AvgIpc) is 3.49. The number of halogens is 1. The van der Waals surface area contributed by atoms with Gasteiger partial charge in [-0.15, -0.1) is 0 Å². The number of carbonyl (C=O) groups excluding carboxylic acids is 1. The number of rotatable bonds is 9. The van der Waals surface area contributed by atoms with Crippen LogP contribution in [0.5, 0.6) is 5.75 Å². The Kier molecular flexibility index (Phi) is 12.5. The van der Waals surface area contributed by atoms with Crippen molar-refractivity contribution in [2.75, 3.05) is 38.1 Å². The Hall–Kier alpha value is -3.21. The predicted molar refractivity (Wildman–Crippen MR) is 182 cm³/mol. The molecule has 0 saturated carbocycles. The van der Waals surface area contributed by atoms with Crippen molar-refractivity contribution in [3.8, 4) is 5.75 Å². The number of aliphatic hydroxyl groups is 1. The number of fused-ring (bicyclic) bond motifs is 1. The summed E-state index contributed by atoms with van der Waals surface area (Å²) in [6.07, 6.45) is 3.93. The lowest BCUT2D eigenvalue weighted by atomic mass is 10.0. The summed E-state index contributed by atoms with van der Waals surface area (Å²) in [7, 11) is -4.80. The lowest BCUT2D eigenvalue weighted by molar-refractivity contribution is -0.00833.